The maximum atomic E-state index is 11.9. The molecule has 0 aliphatic heterocycles. The average Bonchev–Trinajstić information content (AvgIpc) is 2.64. The SMILES string of the molecule is CCCOc1ccccc1CCCNC(=O)/C=C/c1ccc(C)cc1. The zero-order valence-corrected chi connectivity index (χ0v) is 15.1. The normalized spacial score (nSPS) is 10.8. The van der Waals surface area contributed by atoms with Crippen LogP contribution in [0.3, 0.4) is 0 Å². The van der Waals surface area contributed by atoms with E-state index < -0.39 is 0 Å². The summed E-state index contributed by atoms with van der Waals surface area (Å²) < 4.78 is 5.76. The summed E-state index contributed by atoms with van der Waals surface area (Å²) in [6, 6.07) is 16.2. The van der Waals surface area contributed by atoms with Crippen LogP contribution in [0.15, 0.2) is 54.6 Å². The van der Waals surface area contributed by atoms with Crippen molar-refractivity contribution >= 4 is 12.0 Å². The number of nitrogens with one attached hydrogen (secondary N) is 1. The van der Waals surface area contributed by atoms with Crippen molar-refractivity contribution in [2.45, 2.75) is 33.1 Å². The van der Waals surface area contributed by atoms with Gasteiger partial charge in [-0.05, 0) is 49.5 Å². The van der Waals surface area contributed by atoms with Crippen LogP contribution < -0.4 is 10.1 Å². The fourth-order valence-corrected chi connectivity index (χ4v) is 2.46. The molecular weight excluding hydrogens is 310 g/mol. The number of benzene rings is 2. The molecule has 132 valence electrons. The van der Waals surface area contributed by atoms with E-state index in [1.807, 2.05) is 55.5 Å². The first-order valence-electron chi connectivity index (χ1n) is 8.92. The quantitative estimate of drug-likeness (QED) is 0.539. The molecule has 0 spiro atoms. The van der Waals surface area contributed by atoms with Crippen LogP contribution in [0.4, 0.5) is 0 Å². The Hall–Kier alpha value is -2.55. The molecule has 0 saturated carbocycles. The topological polar surface area (TPSA) is 38.3 Å². The molecule has 0 bridgehead atoms. The van der Waals surface area contributed by atoms with Gasteiger partial charge in [-0.15, -0.1) is 0 Å². The number of carbonyl (C=O) groups excluding carboxylic acids is 1. The molecule has 0 atom stereocenters. The van der Waals surface area contributed by atoms with E-state index in [0.717, 1.165) is 37.2 Å². The summed E-state index contributed by atoms with van der Waals surface area (Å²) in [5.74, 6) is 0.894. The summed E-state index contributed by atoms with van der Waals surface area (Å²) in [5.41, 5.74) is 3.44. The Labute approximate surface area is 150 Å². The van der Waals surface area contributed by atoms with Crippen molar-refractivity contribution in [3.63, 3.8) is 0 Å². The molecule has 0 saturated heterocycles. The molecule has 1 amide bonds. The molecule has 2 aromatic carbocycles. The number of carbonyl (C=O) groups is 1. The van der Waals surface area contributed by atoms with Crippen LogP contribution in [0, 0.1) is 6.92 Å². The minimum Gasteiger partial charge on any atom is -0.493 e. The fraction of sp³-hybridized carbons (Fsp3) is 0.318. The molecule has 2 rings (SSSR count). The van der Waals surface area contributed by atoms with Gasteiger partial charge in [0.25, 0.3) is 0 Å². The molecule has 0 aliphatic rings. The van der Waals surface area contributed by atoms with Crippen molar-refractivity contribution in [3.8, 4) is 5.75 Å². The molecule has 0 heterocycles. The van der Waals surface area contributed by atoms with E-state index in [4.69, 9.17) is 4.74 Å². The first-order chi connectivity index (χ1) is 12.2. The second-order valence-electron chi connectivity index (χ2n) is 6.09. The smallest absolute Gasteiger partial charge is 0.243 e. The van der Waals surface area contributed by atoms with Gasteiger partial charge in [-0.1, -0.05) is 55.0 Å². The highest BCUT2D eigenvalue weighted by molar-refractivity contribution is 5.91. The van der Waals surface area contributed by atoms with Crippen LogP contribution >= 0.6 is 0 Å². The van der Waals surface area contributed by atoms with Gasteiger partial charge in [0.1, 0.15) is 5.75 Å². The number of hydrogen-bond acceptors (Lipinski definition) is 2. The summed E-state index contributed by atoms with van der Waals surface area (Å²) in [5, 5.41) is 2.93. The predicted octanol–water partition coefficient (Wildman–Crippen LogP) is 4.55. The number of aryl methyl sites for hydroxylation is 2. The van der Waals surface area contributed by atoms with Gasteiger partial charge in [-0.2, -0.15) is 0 Å². The molecule has 3 heteroatoms. The average molecular weight is 337 g/mol. The second-order valence-corrected chi connectivity index (χ2v) is 6.09. The lowest BCUT2D eigenvalue weighted by atomic mass is 10.1. The molecule has 0 unspecified atom stereocenters. The van der Waals surface area contributed by atoms with E-state index in [2.05, 4.69) is 18.3 Å². The molecule has 1 N–H and O–H groups in total. The summed E-state index contributed by atoms with van der Waals surface area (Å²) in [4.78, 5) is 11.9. The third-order valence-electron chi connectivity index (χ3n) is 3.86. The highest BCUT2D eigenvalue weighted by Crippen LogP contribution is 2.19. The van der Waals surface area contributed by atoms with Crippen molar-refractivity contribution in [1.29, 1.82) is 0 Å². The Morgan fingerprint density at radius 1 is 1.12 bits per heavy atom. The number of amides is 1. The van der Waals surface area contributed by atoms with Crippen molar-refractivity contribution in [2.75, 3.05) is 13.2 Å². The number of ether oxygens (including phenoxy) is 1. The Balaban J connectivity index is 1.73. The highest BCUT2D eigenvalue weighted by Gasteiger charge is 2.03. The Bertz CT molecular complexity index is 689. The Morgan fingerprint density at radius 2 is 1.88 bits per heavy atom. The van der Waals surface area contributed by atoms with E-state index in [0.29, 0.717) is 6.54 Å². The zero-order valence-electron chi connectivity index (χ0n) is 15.1. The summed E-state index contributed by atoms with van der Waals surface area (Å²) in [7, 11) is 0. The summed E-state index contributed by atoms with van der Waals surface area (Å²) >= 11 is 0. The minimum atomic E-state index is -0.0592. The summed E-state index contributed by atoms with van der Waals surface area (Å²) in [6.45, 7) is 5.53. The molecule has 0 aromatic heterocycles. The molecular formula is C22H27NO2. The third kappa shape index (κ3) is 6.84. The van der Waals surface area contributed by atoms with Crippen LogP contribution in [0.2, 0.25) is 0 Å². The number of para-hydroxylation sites is 1. The molecule has 0 fully saturated rings. The number of hydrogen-bond donors (Lipinski definition) is 1. The summed E-state index contributed by atoms with van der Waals surface area (Å²) in [6.07, 6.45) is 6.20. The molecule has 0 radical (unpaired) electrons. The molecule has 2 aromatic rings. The molecule has 0 aliphatic carbocycles. The van der Waals surface area contributed by atoms with Crippen molar-refractivity contribution in [2.24, 2.45) is 0 Å². The predicted molar refractivity (Wildman–Crippen MR) is 104 cm³/mol. The van der Waals surface area contributed by atoms with Crippen LogP contribution in [0.5, 0.6) is 5.75 Å². The first kappa shape index (κ1) is 18.8. The molecule has 25 heavy (non-hydrogen) atoms. The van der Waals surface area contributed by atoms with Crippen LogP contribution in [0.1, 0.15) is 36.5 Å². The van der Waals surface area contributed by atoms with E-state index in [1.165, 1.54) is 11.1 Å². The van der Waals surface area contributed by atoms with Gasteiger partial charge < -0.3 is 10.1 Å². The van der Waals surface area contributed by atoms with Crippen molar-refractivity contribution in [3.05, 3.63) is 71.3 Å². The zero-order chi connectivity index (χ0) is 17.9. The van der Waals surface area contributed by atoms with Gasteiger partial charge in [0.05, 0.1) is 6.61 Å². The fourth-order valence-electron chi connectivity index (χ4n) is 2.46. The van der Waals surface area contributed by atoms with Gasteiger partial charge in [-0.3, -0.25) is 4.79 Å². The minimum absolute atomic E-state index is 0.0592. The van der Waals surface area contributed by atoms with Crippen molar-refractivity contribution < 1.29 is 9.53 Å². The van der Waals surface area contributed by atoms with Gasteiger partial charge in [0, 0.05) is 12.6 Å². The Kier molecular flexibility index (Phi) is 7.77. The lowest BCUT2D eigenvalue weighted by Gasteiger charge is -2.10. The largest absolute Gasteiger partial charge is 0.493 e. The van der Waals surface area contributed by atoms with Gasteiger partial charge in [-0.25, -0.2) is 0 Å². The Morgan fingerprint density at radius 3 is 2.64 bits per heavy atom. The van der Waals surface area contributed by atoms with Gasteiger partial charge in [0.15, 0.2) is 0 Å². The standard InChI is InChI=1S/C22H27NO2/c1-3-17-25-21-9-5-4-7-20(21)8-6-16-23-22(24)15-14-19-12-10-18(2)11-13-19/h4-5,7,9-15H,3,6,8,16-17H2,1-2H3,(H,23,24)/b15-14+. The van der Waals surface area contributed by atoms with Crippen molar-refractivity contribution in [1.82, 2.24) is 5.32 Å². The van der Waals surface area contributed by atoms with Gasteiger partial charge in [0.2, 0.25) is 5.91 Å². The van der Waals surface area contributed by atoms with E-state index in [-0.39, 0.29) is 5.91 Å². The van der Waals surface area contributed by atoms with Gasteiger partial charge >= 0.3 is 0 Å². The molecule has 3 nitrogen and oxygen atoms in total. The van der Waals surface area contributed by atoms with E-state index in [9.17, 15) is 4.79 Å². The highest BCUT2D eigenvalue weighted by atomic mass is 16.5. The maximum absolute atomic E-state index is 11.9. The monoisotopic (exact) mass is 337 g/mol. The number of rotatable bonds is 9. The van der Waals surface area contributed by atoms with E-state index in [1.54, 1.807) is 6.08 Å². The van der Waals surface area contributed by atoms with Crippen LogP contribution in [0.25, 0.3) is 6.08 Å². The lowest BCUT2D eigenvalue weighted by molar-refractivity contribution is -0.116. The maximum Gasteiger partial charge on any atom is 0.243 e. The van der Waals surface area contributed by atoms with E-state index >= 15 is 0 Å². The van der Waals surface area contributed by atoms with Crippen LogP contribution in [-0.2, 0) is 11.2 Å². The van der Waals surface area contributed by atoms with Crippen LogP contribution in [-0.4, -0.2) is 19.1 Å². The lowest BCUT2D eigenvalue weighted by Crippen LogP contribution is -2.22. The first-order valence-corrected chi connectivity index (χ1v) is 8.92. The second kappa shape index (κ2) is 10.3. The third-order valence-corrected chi connectivity index (χ3v) is 3.86.